The van der Waals surface area contributed by atoms with Gasteiger partial charge in [-0.2, -0.15) is 0 Å². The second kappa shape index (κ2) is 6.25. The molecule has 1 N–H and O–H groups in total. The Kier molecular flexibility index (Phi) is 4.18. The number of hydrogen-bond donors (Lipinski definition) is 1. The second-order valence-electron chi connectivity index (χ2n) is 5.16. The predicted molar refractivity (Wildman–Crippen MR) is 88.4 cm³/mol. The highest BCUT2D eigenvalue weighted by molar-refractivity contribution is 6.29. The Hall–Kier alpha value is -1.90. The Bertz CT molecular complexity index is 750. The van der Waals surface area contributed by atoms with Gasteiger partial charge in [0.15, 0.2) is 0 Å². The number of hydrogen-bond acceptors (Lipinski definition) is 2. The van der Waals surface area contributed by atoms with Gasteiger partial charge in [0.1, 0.15) is 5.15 Å². The van der Waals surface area contributed by atoms with Gasteiger partial charge in [-0.05, 0) is 41.0 Å². The minimum absolute atomic E-state index is 0.267. The maximum atomic E-state index is 5.92. The van der Waals surface area contributed by atoms with Crippen molar-refractivity contribution in [2.45, 2.75) is 19.5 Å². The van der Waals surface area contributed by atoms with Gasteiger partial charge >= 0.3 is 0 Å². The Morgan fingerprint density at radius 3 is 2.76 bits per heavy atom. The van der Waals surface area contributed by atoms with Crippen LogP contribution in [0.4, 0.5) is 0 Å². The van der Waals surface area contributed by atoms with Crippen molar-refractivity contribution >= 4 is 22.4 Å². The maximum Gasteiger partial charge on any atom is 0.129 e. The fourth-order valence-corrected chi connectivity index (χ4v) is 2.76. The van der Waals surface area contributed by atoms with Crippen LogP contribution in [0.3, 0.4) is 0 Å². The number of nitrogens with one attached hydrogen (secondary N) is 1. The first-order valence-electron chi connectivity index (χ1n) is 7.05. The van der Waals surface area contributed by atoms with Crippen molar-refractivity contribution in [3.63, 3.8) is 0 Å². The number of rotatable bonds is 4. The summed E-state index contributed by atoms with van der Waals surface area (Å²) in [5, 5.41) is 6.66. The van der Waals surface area contributed by atoms with Crippen molar-refractivity contribution < 1.29 is 0 Å². The first-order chi connectivity index (χ1) is 10.2. The van der Waals surface area contributed by atoms with Crippen LogP contribution in [-0.4, -0.2) is 4.98 Å². The molecule has 21 heavy (non-hydrogen) atoms. The van der Waals surface area contributed by atoms with E-state index in [1.165, 1.54) is 16.3 Å². The summed E-state index contributed by atoms with van der Waals surface area (Å²) >= 11 is 5.92. The highest BCUT2D eigenvalue weighted by Gasteiger charge is 2.08. The van der Waals surface area contributed by atoms with E-state index < -0.39 is 0 Å². The molecule has 0 fully saturated rings. The Balaban J connectivity index is 1.79. The third kappa shape index (κ3) is 3.23. The molecule has 0 aliphatic heterocycles. The molecule has 106 valence electrons. The first-order valence-corrected chi connectivity index (χ1v) is 7.43. The van der Waals surface area contributed by atoms with Crippen LogP contribution in [0.1, 0.15) is 24.1 Å². The standard InChI is InChI=1S/C18H17ClN2/c1-13(21-12-14-9-10-20-18(19)11-14)16-8-4-6-15-5-2-3-7-17(15)16/h2-11,13,21H,12H2,1H3/t13-/m1/s1. The minimum Gasteiger partial charge on any atom is -0.306 e. The minimum atomic E-state index is 0.267. The van der Waals surface area contributed by atoms with E-state index in [2.05, 4.69) is 59.7 Å². The second-order valence-corrected chi connectivity index (χ2v) is 5.55. The van der Waals surface area contributed by atoms with Gasteiger partial charge in [0, 0.05) is 18.8 Å². The van der Waals surface area contributed by atoms with Gasteiger partial charge in [-0.1, -0.05) is 54.1 Å². The topological polar surface area (TPSA) is 24.9 Å². The molecule has 0 unspecified atom stereocenters. The first kappa shape index (κ1) is 14.1. The van der Waals surface area contributed by atoms with Gasteiger partial charge in [0.05, 0.1) is 0 Å². The van der Waals surface area contributed by atoms with Crippen LogP contribution >= 0.6 is 11.6 Å². The summed E-state index contributed by atoms with van der Waals surface area (Å²) in [6.07, 6.45) is 1.74. The van der Waals surface area contributed by atoms with E-state index in [1.807, 2.05) is 12.1 Å². The van der Waals surface area contributed by atoms with E-state index >= 15 is 0 Å². The third-order valence-electron chi connectivity index (χ3n) is 3.69. The fourth-order valence-electron chi connectivity index (χ4n) is 2.56. The zero-order valence-electron chi connectivity index (χ0n) is 11.9. The monoisotopic (exact) mass is 296 g/mol. The Labute approximate surface area is 129 Å². The largest absolute Gasteiger partial charge is 0.306 e. The molecule has 0 aliphatic rings. The van der Waals surface area contributed by atoms with Crippen LogP contribution in [0.15, 0.2) is 60.8 Å². The van der Waals surface area contributed by atoms with E-state index in [4.69, 9.17) is 11.6 Å². The summed E-state index contributed by atoms with van der Waals surface area (Å²) in [5.41, 5.74) is 2.45. The van der Waals surface area contributed by atoms with Crippen molar-refractivity contribution in [1.82, 2.24) is 10.3 Å². The molecule has 0 spiro atoms. The number of pyridine rings is 1. The molecule has 0 aliphatic carbocycles. The van der Waals surface area contributed by atoms with E-state index in [0.29, 0.717) is 5.15 Å². The van der Waals surface area contributed by atoms with Gasteiger partial charge in [-0.25, -0.2) is 4.98 Å². The van der Waals surface area contributed by atoms with Gasteiger partial charge < -0.3 is 5.32 Å². The van der Waals surface area contributed by atoms with E-state index in [9.17, 15) is 0 Å². The third-order valence-corrected chi connectivity index (χ3v) is 3.90. The lowest BCUT2D eigenvalue weighted by Crippen LogP contribution is -2.18. The van der Waals surface area contributed by atoms with Gasteiger partial charge in [0.25, 0.3) is 0 Å². The van der Waals surface area contributed by atoms with E-state index in [1.54, 1.807) is 6.20 Å². The summed E-state index contributed by atoms with van der Waals surface area (Å²) in [6.45, 7) is 2.96. The quantitative estimate of drug-likeness (QED) is 0.704. The van der Waals surface area contributed by atoms with Gasteiger partial charge in [-0.3, -0.25) is 0 Å². The highest BCUT2D eigenvalue weighted by atomic mass is 35.5. The molecule has 2 nitrogen and oxygen atoms in total. The molecule has 1 atom stereocenters. The average molecular weight is 297 g/mol. The van der Waals surface area contributed by atoms with Crippen molar-refractivity contribution in [2.24, 2.45) is 0 Å². The molecule has 0 radical (unpaired) electrons. The SMILES string of the molecule is C[C@@H](NCc1ccnc(Cl)c1)c1cccc2ccccc12. The number of nitrogens with zero attached hydrogens (tertiary/aromatic N) is 1. The number of fused-ring (bicyclic) bond motifs is 1. The molecule has 0 saturated carbocycles. The van der Waals surface area contributed by atoms with Crippen molar-refractivity contribution in [3.8, 4) is 0 Å². The molecule has 2 aromatic carbocycles. The van der Waals surface area contributed by atoms with E-state index in [0.717, 1.165) is 12.1 Å². The summed E-state index contributed by atoms with van der Waals surface area (Å²) < 4.78 is 0. The summed E-state index contributed by atoms with van der Waals surface area (Å²) in [6, 6.07) is 19.1. The van der Waals surface area contributed by atoms with Crippen LogP contribution in [0, 0.1) is 0 Å². The predicted octanol–water partition coefficient (Wildman–Crippen LogP) is 4.74. The van der Waals surface area contributed by atoms with Gasteiger partial charge in [0.2, 0.25) is 0 Å². The number of halogens is 1. The average Bonchev–Trinajstić information content (AvgIpc) is 2.52. The van der Waals surface area contributed by atoms with Gasteiger partial charge in [-0.15, -0.1) is 0 Å². The van der Waals surface area contributed by atoms with Crippen LogP contribution in [-0.2, 0) is 6.54 Å². The summed E-state index contributed by atoms with van der Waals surface area (Å²) in [4.78, 5) is 4.00. The molecule has 0 saturated heterocycles. The summed E-state index contributed by atoms with van der Waals surface area (Å²) in [7, 11) is 0. The lowest BCUT2D eigenvalue weighted by Gasteiger charge is -2.16. The number of benzene rings is 2. The summed E-state index contributed by atoms with van der Waals surface area (Å²) in [5.74, 6) is 0. The van der Waals surface area contributed by atoms with Crippen molar-refractivity contribution in [1.29, 1.82) is 0 Å². The highest BCUT2D eigenvalue weighted by Crippen LogP contribution is 2.24. The smallest absolute Gasteiger partial charge is 0.129 e. The molecule has 3 rings (SSSR count). The molecule has 0 amide bonds. The molecule has 1 heterocycles. The van der Waals surface area contributed by atoms with Crippen LogP contribution < -0.4 is 5.32 Å². The Morgan fingerprint density at radius 1 is 1.10 bits per heavy atom. The Morgan fingerprint density at radius 2 is 1.90 bits per heavy atom. The van der Waals surface area contributed by atoms with Crippen LogP contribution in [0.2, 0.25) is 5.15 Å². The zero-order valence-corrected chi connectivity index (χ0v) is 12.6. The lowest BCUT2D eigenvalue weighted by molar-refractivity contribution is 0.578. The molecule has 3 heteroatoms. The number of aromatic nitrogens is 1. The zero-order chi connectivity index (χ0) is 14.7. The molecular weight excluding hydrogens is 280 g/mol. The van der Waals surface area contributed by atoms with Crippen LogP contribution in [0.25, 0.3) is 10.8 Å². The van der Waals surface area contributed by atoms with Crippen molar-refractivity contribution in [3.05, 3.63) is 77.1 Å². The fraction of sp³-hybridized carbons (Fsp3) is 0.167. The molecule has 1 aromatic heterocycles. The maximum absolute atomic E-state index is 5.92. The van der Waals surface area contributed by atoms with E-state index in [-0.39, 0.29) is 6.04 Å². The molecule has 3 aromatic rings. The van der Waals surface area contributed by atoms with Crippen LogP contribution in [0.5, 0.6) is 0 Å². The normalized spacial score (nSPS) is 12.5. The van der Waals surface area contributed by atoms with Crippen molar-refractivity contribution in [2.75, 3.05) is 0 Å². The molecular formula is C18H17ClN2. The lowest BCUT2D eigenvalue weighted by atomic mass is 9.99. The molecule has 0 bridgehead atoms.